The highest BCUT2D eigenvalue weighted by Crippen LogP contribution is 2.07. The molecule has 17 heavy (non-hydrogen) atoms. The first kappa shape index (κ1) is 11.9. The number of anilines is 1. The van der Waals surface area contributed by atoms with Crippen LogP contribution in [0.2, 0.25) is 0 Å². The number of benzene rings is 1. The molecule has 2 amide bonds. The van der Waals surface area contributed by atoms with E-state index < -0.39 is 0 Å². The fraction of sp³-hybridized carbons (Fsp3) is 0.462. The third kappa shape index (κ3) is 3.75. The SMILES string of the molecule is O=C(Nc1ccccc1)N1CCCNCCC1. The van der Waals surface area contributed by atoms with Crippen molar-refractivity contribution in [2.24, 2.45) is 0 Å². The van der Waals surface area contributed by atoms with Gasteiger partial charge in [0.2, 0.25) is 0 Å². The molecule has 0 aromatic heterocycles. The summed E-state index contributed by atoms with van der Waals surface area (Å²) in [5.74, 6) is 0. The van der Waals surface area contributed by atoms with Gasteiger partial charge in [-0.15, -0.1) is 0 Å². The molecule has 0 atom stereocenters. The molecule has 0 radical (unpaired) electrons. The standard InChI is InChI=1S/C13H19N3O/c17-13(15-12-6-2-1-3-7-12)16-10-4-8-14-9-5-11-16/h1-3,6-7,14H,4-5,8-11H2,(H,15,17). The second-order valence-corrected chi connectivity index (χ2v) is 4.24. The first-order valence-corrected chi connectivity index (χ1v) is 6.18. The Morgan fingerprint density at radius 2 is 1.76 bits per heavy atom. The van der Waals surface area contributed by atoms with Crippen molar-refractivity contribution in [3.8, 4) is 0 Å². The maximum absolute atomic E-state index is 12.0. The highest BCUT2D eigenvalue weighted by atomic mass is 16.2. The number of rotatable bonds is 1. The zero-order valence-corrected chi connectivity index (χ0v) is 9.98. The first-order valence-electron chi connectivity index (χ1n) is 6.18. The van der Waals surface area contributed by atoms with Crippen LogP contribution in [-0.2, 0) is 0 Å². The van der Waals surface area contributed by atoms with E-state index in [4.69, 9.17) is 0 Å². The Morgan fingerprint density at radius 3 is 2.41 bits per heavy atom. The van der Waals surface area contributed by atoms with Gasteiger partial charge in [0.15, 0.2) is 0 Å². The maximum atomic E-state index is 12.0. The topological polar surface area (TPSA) is 44.4 Å². The summed E-state index contributed by atoms with van der Waals surface area (Å²) in [6.45, 7) is 3.64. The molecule has 92 valence electrons. The molecule has 2 N–H and O–H groups in total. The molecular formula is C13H19N3O. The average Bonchev–Trinajstić information content (AvgIpc) is 2.29. The normalized spacial score (nSPS) is 17.1. The summed E-state index contributed by atoms with van der Waals surface area (Å²) >= 11 is 0. The molecule has 1 fully saturated rings. The molecule has 1 aromatic rings. The van der Waals surface area contributed by atoms with E-state index in [0.29, 0.717) is 0 Å². The maximum Gasteiger partial charge on any atom is 0.321 e. The lowest BCUT2D eigenvalue weighted by molar-refractivity contribution is 0.207. The number of para-hydroxylation sites is 1. The molecule has 1 saturated heterocycles. The zero-order valence-electron chi connectivity index (χ0n) is 9.98. The van der Waals surface area contributed by atoms with Crippen molar-refractivity contribution in [2.45, 2.75) is 12.8 Å². The van der Waals surface area contributed by atoms with Crippen LogP contribution in [0.1, 0.15) is 12.8 Å². The van der Waals surface area contributed by atoms with Crippen LogP contribution in [0.15, 0.2) is 30.3 Å². The minimum Gasteiger partial charge on any atom is -0.324 e. The van der Waals surface area contributed by atoms with E-state index >= 15 is 0 Å². The Balaban J connectivity index is 1.89. The predicted molar refractivity (Wildman–Crippen MR) is 69.1 cm³/mol. The van der Waals surface area contributed by atoms with Crippen molar-refractivity contribution in [3.05, 3.63) is 30.3 Å². The molecule has 1 aliphatic heterocycles. The van der Waals surface area contributed by atoms with Crippen LogP contribution >= 0.6 is 0 Å². The summed E-state index contributed by atoms with van der Waals surface area (Å²) in [6, 6.07) is 9.61. The highest BCUT2D eigenvalue weighted by molar-refractivity contribution is 5.89. The van der Waals surface area contributed by atoms with Crippen LogP contribution in [0.4, 0.5) is 10.5 Å². The lowest BCUT2D eigenvalue weighted by Gasteiger charge is -2.25. The summed E-state index contributed by atoms with van der Waals surface area (Å²) in [7, 11) is 0. The summed E-state index contributed by atoms with van der Waals surface area (Å²) in [4.78, 5) is 13.9. The van der Waals surface area contributed by atoms with Gasteiger partial charge in [0.05, 0.1) is 0 Å². The summed E-state index contributed by atoms with van der Waals surface area (Å²) in [5, 5.41) is 6.26. The summed E-state index contributed by atoms with van der Waals surface area (Å²) in [6.07, 6.45) is 2.03. The Morgan fingerprint density at radius 1 is 1.12 bits per heavy atom. The van der Waals surface area contributed by atoms with Crippen molar-refractivity contribution in [1.29, 1.82) is 0 Å². The second kappa shape index (κ2) is 6.25. The number of nitrogens with zero attached hydrogens (tertiary/aromatic N) is 1. The van der Waals surface area contributed by atoms with Gasteiger partial charge in [-0.05, 0) is 38.1 Å². The highest BCUT2D eigenvalue weighted by Gasteiger charge is 2.14. The van der Waals surface area contributed by atoms with Crippen LogP contribution in [0.5, 0.6) is 0 Å². The fourth-order valence-electron chi connectivity index (χ4n) is 1.95. The Labute approximate surface area is 102 Å². The van der Waals surface area contributed by atoms with E-state index in [9.17, 15) is 4.79 Å². The van der Waals surface area contributed by atoms with Gasteiger partial charge in [-0.3, -0.25) is 0 Å². The monoisotopic (exact) mass is 233 g/mol. The molecule has 0 bridgehead atoms. The Bertz CT molecular complexity index is 345. The number of urea groups is 1. The van der Waals surface area contributed by atoms with Crippen LogP contribution in [0, 0.1) is 0 Å². The van der Waals surface area contributed by atoms with Crippen molar-refractivity contribution in [2.75, 3.05) is 31.5 Å². The van der Waals surface area contributed by atoms with Crippen molar-refractivity contribution in [1.82, 2.24) is 10.2 Å². The van der Waals surface area contributed by atoms with Gasteiger partial charge in [-0.25, -0.2) is 4.79 Å². The van der Waals surface area contributed by atoms with Crippen LogP contribution < -0.4 is 10.6 Å². The number of hydrogen-bond acceptors (Lipinski definition) is 2. The van der Waals surface area contributed by atoms with Gasteiger partial charge >= 0.3 is 6.03 Å². The lowest BCUT2D eigenvalue weighted by atomic mass is 10.3. The van der Waals surface area contributed by atoms with Crippen molar-refractivity contribution < 1.29 is 4.79 Å². The third-order valence-corrected chi connectivity index (χ3v) is 2.88. The third-order valence-electron chi connectivity index (χ3n) is 2.88. The lowest BCUT2D eigenvalue weighted by Crippen LogP contribution is -2.40. The van der Waals surface area contributed by atoms with Crippen LogP contribution in [0.25, 0.3) is 0 Å². The van der Waals surface area contributed by atoms with E-state index in [-0.39, 0.29) is 6.03 Å². The molecule has 2 rings (SSSR count). The largest absolute Gasteiger partial charge is 0.324 e. The fourth-order valence-corrected chi connectivity index (χ4v) is 1.95. The molecular weight excluding hydrogens is 214 g/mol. The Hall–Kier alpha value is -1.55. The predicted octanol–water partition coefficient (Wildman–Crippen LogP) is 1.90. The first-order chi connectivity index (χ1) is 8.36. The number of nitrogens with one attached hydrogen (secondary N) is 2. The van der Waals surface area contributed by atoms with E-state index in [1.807, 2.05) is 35.2 Å². The molecule has 4 heteroatoms. The van der Waals surface area contributed by atoms with Gasteiger partial charge in [0.25, 0.3) is 0 Å². The van der Waals surface area contributed by atoms with Crippen molar-refractivity contribution in [3.63, 3.8) is 0 Å². The molecule has 1 aliphatic rings. The summed E-state index contributed by atoms with van der Waals surface area (Å²) in [5.41, 5.74) is 0.859. The van der Waals surface area contributed by atoms with E-state index in [2.05, 4.69) is 10.6 Å². The smallest absolute Gasteiger partial charge is 0.321 e. The molecule has 0 aliphatic carbocycles. The zero-order chi connectivity index (χ0) is 11.9. The molecule has 0 unspecified atom stereocenters. The molecule has 0 saturated carbocycles. The number of carbonyl (C=O) groups is 1. The van der Waals surface area contributed by atoms with Gasteiger partial charge in [0.1, 0.15) is 0 Å². The van der Waals surface area contributed by atoms with E-state index in [1.165, 1.54) is 0 Å². The minimum absolute atomic E-state index is 0.0121. The van der Waals surface area contributed by atoms with Crippen LogP contribution in [-0.4, -0.2) is 37.1 Å². The minimum atomic E-state index is 0.0121. The quantitative estimate of drug-likeness (QED) is 0.778. The number of amides is 2. The average molecular weight is 233 g/mol. The van der Waals surface area contributed by atoms with E-state index in [0.717, 1.165) is 44.7 Å². The van der Waals surface area contributed by atoms with Crippen molar-refractivity contribution >= 4 is 11.7 Å². The number of carbonyl (C=O) groups excluding carboxylic acids is 1. The second-order valence-electron chi connectivity index (χ2n) is 4.24. The van der Waals surface area contributed by atoms with E-state index in [1.54, 1.807) is 0 Å². The number of hydrogen-bond donors (Lipinski definition) is 2. The Kier molecular flexibility index (Phi) is 4.38. The molecule has 4 nitrogen and oxygen atoms in total. The van der Waals surface area contributed by atoms with Gasteiger partial charge in [0, 0.05) is 18.8 Å². The van der Waals surface area contributed by atoms with Crippen LogP contribution in [0.3, 0.4) is 0 Å². The molecule has 1 heterocycles. The van der Waals surface area contributed by atoms with Gasteiger partial charge in [-0.1, -0.05) is 18.2 Å². The summed E-state index contributed by atoms with van der Waals surface area (Å²) < 4.78 is 0. The molecule has 1 aromatic carbocycles. The molecule has 0 spiro atoms. The van der Waals surface area contributed by atoms with Gasteiger partial charge in [-0.2, -0.15) is 0 Å². The van der Waals surface area contributed by atoms with Gasteiger partial charge < -0.3 is 15.5 Å².